The van der Waals surface area contributed by atoms with E-state index in [4.69, 9.17) is 27.9 Å². The van der Waals surface area contributed by atoms with Gasteiger partial charge in [0.2, 0.25) is 0 Å². The zero-order valence-corrected chi connectivity index (χ0v) is 9.97. The summed E-state index contributed by atoms with van der Waals surface area (Å²) >= 11 is 12.0. The molecule has 0 amide bonds. The Morgan fingerprint density at radius 3 is 2.60 bits per heavy atom. The maximum atomic E-state index is 10.4. The standard InChI is InChI=1S/C10H11Cl2NO2/c1-13(5-6-14)7-3-4-8(15-2)10(12)9(7)11/h3-4,6H,5H2,1-2H3. The second-order valence-corrected chi connectivity index (χ2v) is 3.72. The van der Waals surface area contributed by atoms with Crippen LogP contribution in [-0.2, 0) is 4.79 Å². The monoisotopic (exact) mass is 247 g/mol. The van der Waals surface area contributed by atoms with E-state index in [1.807, 2.05) is 0 Å². The van der Waals surface area contributed by atoms with Crippen LogP contribution in [-0.4, -0.2) is 27.0 Å². The van der Waals surface area contributed by atoms with Crippen molar-refractivity contribution in [2.75, 3.05) is 25.6 Å². The minimum absolute atomic E-state index is 0.266. The molecule has 1 aromatic carbocycles. The highest BCUT2D eigenvalue weighted by Gasteiger charge is 2.12. The van der Waals surface area contributed by atoms with Crippen LogP contribution in [0.5, 0.6) is 5.75 Å². The third kappa shape index (κ3) is 2.55. The molecule has 0 aliphatic carbocycles. The molecule has 0 atom stereocenters. The second-order valence-electron chi connectivity index (χ2n) is 2.96. The summed E-state index contributed by atoms with van der Waals surface area (Å²) in [5.74, 6) is 0.518. The average molecular weight is 248 g/mol. The molecule has 0 unspecified atom stereocenters. The molecule has 1 aromatic rings. The van der Waals surface area contributed by atoms with Gasteiger partial charge in [-0.2, -0.15) is 0 Å². The van der Waals surface area contributed by atoms with Crippen molar-refractivity contribution >= 4 is 35.2 Å². The van der Waals surface area contributed by atoms with Crippen LogP contribution in [0.2, 0.25) is 10.0 Å². The zero-order valence-electron chi connectivity index (χ0n) is 8.46. The highest BCUT2D eigenvalue weighted by atomic mass is 35.5. The van der Waals surface area contributed by atoms with E-state index in [1.54, 1.807) is 24.1 Å². The number of aldehydes is 1. The van der Waals surface area contributed by atoms with Gasteiger partial charge in [0.05, 0.1) is 24.4 Å². The SMILES string of the molecule is COc1ccc(N(C)CC=O)c(Cl)c1Cl. The summed E-state index contributed by atoms with van der Waals surface area (Å²) in [5, 5.41) is 0.745. The van der Waals surface area contributed by atoms with E-state index in [-0.39, 0.29) is 6.54 Å². The van der Waals surface area contributed by atoms with Gasteiger partial charge in [-0.25, -0.2) is 0 Å². The van der Waals surface area contributed by atoms with Gasteiger partial charge in [-0.3, -0.25) is 0 Å². The molecule has 0 N–H and O–H groups in total. The molecule has 0 aliphatic rings. The molecule has 1 rings (SSSR count). The number of rotatable bonds is 4. The van der Waals surface area contributed by atoms with Crippen LogP contribution >= 0.6 is 23.2 Å². The Hall–Kier alpha value is -0.930. The fraction of sp³-hybridized carbons (Fsp3) is 0.300. The van der Waals surface area contributed by atoms with E-state index in [9.17, 15) is 4.79 Å². The number of hydrogen-bond donors (Lipinski definition) is 0. The van der Waals surface area contributed by atoms with E-state index < -0.39 is 0 Å². The Kier molecular flexibility index (Phi) is 4.24. The maximum absolute atomic E-state index is 10.4. The van der Waals surface area contributed by atoms with Gasteiger partial charge in [0, 0.05) is 7.05 Å². The number of carbonyl (C=O) groups excluding carboxylic acids is 1. The molecule has 0 saturated heterocycles. The van der Waals surface area contributed by atoms with E-state index in [0.29, 0.717) is 21.5 Å². The van der Waals surface area contributed by atoms with Gasteiger partial charge in [-0.05, 0) is 12.1 Å². The number of halogens is 2. The highest BCUT2D eigenvalue weighted by Crippen LogP contribution is 2.38. The lowest BCUT2D eigenvalue weighted by atomic mass is 10.2. The minimum atomic E-state index is 0.266. The van der Waals surface area contributed by atoms with Crippen LogP contribution in [0, 0.1) is 0 Å². The highest BCUT2D eigenvalue weighted by molar-refractivity contribution is 6.44. The molecule has 0 aromatic heterocycles. The van der Waals surface area contributed by atoms with Gasteiger partial charge in [-0.1, -0.05) is 23.2 Å². The normalized spacial score (nSPS) is 9.87. The molecule has 0 heterocycles. The summed E-state index contributed by atoms with van der Waals surface area (Å²) in [5.41, 5.74) is 0.703. The first kappa shape index (κ1) is 12.1. The Balaban J connectivity index is 3.11. The quantitative estimate of drug-likeness (QED) is 0.767. The lowest BCUT2D eigenvalue weighted by Crippen LogP contribution is -2.19. The predicted molar refractivity (Wildman–Crippen MR) is 62.3 cm³/mol. The van der Waals surface area contributed by atoms with Gasteiger partial charge in [0.1, 0.15) is 17.1 Å². The number of benzene rings is 1. The first-order valence-corrected chi connectivity index (χ1v) is 5.04. The van der Waals surface area contributed by atoms with Crippen molar-refractivity contribution in [3.8, 4) is 5.75 Å². The fourth-order valence-electron chi connectivity index (χ4n) is 1.18. The first-order chi connectivity index (χ1) is 7.11. The molecule has 0 spiro atoms. The van der Waals surface area contributed by atoms with E-state index >= 15 is 0 Å². The maximum Gasteiger partial charge on any atom is 0.139 e. The van der Waals surface area contributed by atoms with Crippen LogP contribution < -0.4 is 9.64 Å². The largest absolute Gasteiger partial charge is 0.495 e. The third-order valence-corrected chi connectivity index (χ3v) is 2.86. The van der Waals surface area contributed by atoms with Gasteiger partial charge in [0.15, 0.2) is 0 Å². The molecule has 0 saturated carbocycles. The molecular weight excluding hydrogens is 237 g/mol. The molecule has 3 nitrogen and oxygen atoms in total. The van der Waals surface area contributed by atoms with E-state index in [1.165, 1.54) is 7.11 Å². The molecule has 5 heteroatoms. The predicted octanol–water partition coefficient (Wildman–Crippen LogP) is 2.64. The summed E-state index contributed by atoms with van der Waals surface area (Å²) in [4.78, 5) is 12.1. The minimum Gasteiger partial charge on any atom is -0.495 e. The van der Waals surface area contributed by atoms with Crippen molar-refractivity contribution in [2.45, 2.75) is 0 Å². The van der Waals surface area contributed by atoms with Crippen LogP contribution in [0.3, 0.4) is 0 Å². The second kappa shape index (κ2) is 5.24. The topological polar surface area (TPSA) is 29.5 Å². The summed E-state index contributed by atoms with van der Waals surface area (Å²) in [6, 6.07) is 3.47. The molecule has 82 valence electrons. The number of carbonyl (C=O) groups is 1. The Labute approximate surface area is 98.5 Å². The van der Waals surface area contributed by atoms with E-state index in [2.05, 4.69) is 0 Å². The number of methoxy groups -OCH3 is 1. The van der Waals surface area contributed by atoms with Gasteiger partial charge in [0.25, 0.3) is 0 Å². The van der Waals surface area contributed by atoms with Crippen molar-refractivity contribution in [3.05, 3.63) is 22.2 Å². The fourth-order valence-corrected chi connectivity index (χ4v) is 1.72. The average Bonchev–Trinajstić information content (AvgIpc) is 2.22. The summed E-state index contributed by atoms with van der Waals surface area (Å²) in [7, 11) is 3.28. The van der Waals surface area contributed by atoms with Crippen LogP contribution in [0.4, 0.5) is 5.69 Å². The van der Waals surface area contributed by atoms with Crippen molar-refractivity contribution in [2.24, 2.45) is 0 Å². The summed E-state index contributed by atoms with van der Waals surface area (Å²) in [6.07, 6.45) is 0.800. The van der Waals surface area contributed by atoms with Crippen molar-refractivity contribution in [1.82, 2.24) is 0 Å². The molecule has 15 heavy (non-hydrogen) atoms. The number of ether oxygens (including phenoxy) is 1. The van der Waals surface area contributed by atoms with Crippen LogP contribution in [0.15, 0.2) is 12.1 Å². The molecule has 0 radical (unpaired) electrons. The Morgan fingerprint density at radius 2 is 2.07 bits per heavy atom. The van der Waals surface area contributed by atoms with Crippen molar-refractivity contribution in [3.63, 3.8) is 0 Å². The molecule has 0 aliphatic heterocycles. The summed E-state index contributed by atoms with van der Waals surface area (Å²) in [6.45, 7) is 0.266. The third-order valence-electron chi connectivity index (χ3n) is 2.01. The van der Waals surface area contributed by atoms with Crippen LogP contribution in [0.25, 0.3) is 0 Å². The van der Waals surface area contributed by atoms with Crippen molar-refractivity contribution < 1.29 is 9.53 Å². The number of hydrogen-bond acceptors (Lipinski definition) is 3. The van der Waals surface area contributed by atoms with Crippen LogP contribution in [0.1, 0.15) is 0 Å². The summed E-state index contributed by atoms with van der Waals surface area (Å²) < 4.78 is 5.02. The molecule has 0 bridgehead atoms. The number of anilines is 1. The van der Waals surface area contributed by atoms with Gasteiger partial charge in [-0.15, -0.1) is 0 Å². The number of nitrogens with zero attached hydrogens (tertiary/aromatic N) is 1. The van der Waals surface area contributed by atoms with Gasteiger partial charge >= 0.3 is 0 Å². The lowest BCUT2D eigenvalue weighted by molar-refractivity contribution is -0.106. The Morgan fingerprint density at radius 1 is 1.40 bits per heavy atom. The first-order valence-electron chi connectivity index (χ1n) is 4.28. The molecular formula is C10H11Cl2NO2. The van der Waals surface area contributed by atoms with Gasteiger partial charge < -0.3 is 14.4 Å². The van der Waals surface area contributed by atoms with E-state index in [0.717, 1.165) is 6.29 Å². The Bertz CT molecular complexity index is 369. The lowest BCUT2D eigenvalue weighted by Gasteiger charge is -2.19. The zero-order chi connectivity index (χ0) is 11.4. The molecule has 0 fully saturated rings. The smallest absolute Gasteiger partial charge is 0.139 e. The number of likely N-dealkylation sites (N-methyl/N-ethyl adjacent to an activating group) is 1. The van der Waals surface area contributed by atoms with Crippen molar-refractivity contribution in [1.29, 1.82) is 0 Å².